The second-order valence-electron chi connectivity index (χ2n) is 10.8. The van der Waals surface area contributed by atoms with Gasteiger partial charge in [-0.1, -0.05) is 12.1 Å². The molecule has 3 aliphatic rings. The Morgan fingerprint density at radius 1 is 1.07 bits per heavy atom. The normalized spacial score (nSPS) is 24.0. The first-order chi connectivity index (χ1) is 18.9. The van der Waals surface area contributed by atoms with Gasteiger partial charge in [-0.25, -0.2) is 0 Å². The van der Waals surface area contributed by atoms with E-state index < -0.39 is 52.0 Å². The number of aliphatic hydroxyl groups excluding tert-OH is 2. The molecule has 0 aromatic heterocycles. The fourth-order valence-corrected chi connectivity index (χ4v) is 6.21. The monoisotopic (exact) mass is 549 g/mol. The van der Waals surface area contributed by atoms with Crippen molar-refractivity contribution in [2.45, 2.75) is 38.0 Å². The van der Waals surface area contributed by atoms with Crippen LogP contribution in [0.3, 0.4) is 0 Å². The van der Waals surface area contributed by atoms with Gasteiger partial charge in [0, 0.05) is 56.3 Å². The highest BCUT2D eigenvalue weighted by Gasteiger charge is 2.59. The average Bonchev–Trinajstić information content (AvgIpc) is 2.88. The molecule has 0 unspecified atom stereocenters. The molecule has 40 heavy (non-hydrogen) atoms. The summed E-state index contributed by atoms with van der Waals surface area (Å²) < 4.78 is 0. The molecule has 2 aromatic rings. The van der Waals surface area contributed by atoms with Crippen molar-refractivity contribution in [1.29, 1.82) is 0 Å². The summed E-state index contributed by atoms with van der Waals surface area (Å²) in [5.74, 6) is -6.35. The molecule has 0 aliphatic heterocycles. The van der Waals surface area contributed by atoms with Crippen LogP contribution in [0, 0.1) is 11.8 Å². The predicted molar refractivity (Wildman–Crippen MR) is 144 cm³/mol. The Labute approximate surface area is 229 Å². The first-order valence-corrected chi connectivity index (χ1v) is 12.9. The number of aromatic hydroxyl groups is 2. The Kier molecular flexibility index (Phi) is 6.59. The molecule has 0 fully saturated rings. The Bertz CT molecular complexity index is 1510. The van der Waals surface area contributed by atoms with E-state index in [0.29, 0.717) is 23.4 Å². The second-order valence-corrected chi connectivity index (χ2v) is 10.8. The van der Waals surface area contributed by atoms with Gasteiger partial charge in [-0.3, -0.25) is 14.4 Å². The van der Waals surface area contributed by atoms with Crippen molar-refractivity contribution in [3.8, 4) is 11.5 Å². The Hall–Kier alpha value is -4.35. The molecule has 0 heterocycles. The van der Waals surface area contributed by atoms with Crippen molar-refractivity contribution in [3.05, 3.63) is 75.3 Å². The van der Waals surface area contributed by atoms with Gasteiger partial charge in [0.1, 0.15) is 28.6 Å². The van der Waals surface area contributed by atoms with Crippen LogP contribution in [0.5, 0.6) is 11.5 Å². The summed E-state index contributed by atoms with van der Waals surface area (Å²) >= 11 is 0. The molecule has 3 atom stereocenters. The predicted octanol–water partition coefficient (Wildman–Crippen LogP) is 1.64. The van der Waals surface area contributed by atoms with Crippen molar-refractivity contribution < 1.29 is 39.9 Å². The van der Waals surface area contributed by atoms with Crippen LogP contribution in [-0.2, 0) is 29.1 Å². The van der Waals surface area contributed by atoms with E-state index in [1.807, 2.05) is 4.90 Å². The van der Waals surface area contributed by atoms with E-state index in [0.717, 1.165) is 5.56 Å². The number of carbonyl (C=O) groups is 3. The van der Waals surface area contributed by atoms with Crippen molar-refractivity contribution in [3.63, 3.8) is 0 Å². The lowest BCUT2D eigenvalue weighted by Gasteiger charge is -2.46. The van der Waals surface area contributed by atoms with Crippen molar-refractivity contribution in [2.24, 2.45) is 17.6 Å². The smallest absolute Gasteiger partial charge is 0.255 e. The molecule has 1 amide bonds. The minimum Gasteiger partial charge on any atom is -0.511 e. The third kappa shape index (κ3) is 4.09. The maximum Gasteiger partial charge on any atom is 0.255 e. The van der Waals surface area contributed by atoms with Crippen LogP contribution in [-0.4, -0.2) is 62.7 Å². The van der Waals surface area contributed by atoms with E-state index in [-0.39, 0.29) is 48.4 Å². The van der Waals surface area contributed by atoms with Crippen LogP contribution < -0.4 is 16.0 Å². The number of amides is 1. The molecule has 0 radical (unpaired) electrons. The Morgan fingerprint density at radius 2 is 1.75 bits per heavy atom. The lowest BCUT2D eigenvalue weighted by molar-refractivity contribution is -0.144. The van der Waals surface area contributed by atoms with Crippen molar-refractivity contribution in [2.75, 3.05) is 19.0 Å². The summed E-state index contributed by atoms with van der Waals surface area (Å²) in [6.45, 7) is 0.619. The zero-order valence-electron chi connectivity index (χ0n) is 22.1. The molecule has 0 spiro atoms. The minimum absolute atomic E-state index is 0.0238. The summed E-state index contributed by atoms with van der Waals surface area (Å²) in [6.07, 6.45) is 0.0377. The average molecular weight is 550 g/mol. The van der Waals surface area contributed by atoms with Gasteiger partial charge in [0.2, 0.25) is 5.78 Å². The number of carbonyl (C=O) groups excluding carboxylic acids is 3. The SMILES string of the molecule is CN(C)c1cc(CNCc2ccc(O)cc2)c(O)c2c1C[C@H]1C[C@H]3CC(O)=C(C(N)=O)C(=O)[C@@]3(O)C(O)=C1C2=O. The first-order valence-electron chi connectivity index (χ1n) is 12.9. The topological polar surface area (TPSA) is 194 Å². The highest BCUT2D eigenvalue weighted by atomic mass is 16.3. The maximum absolute atomic E-state index is 13.9. The highest BCUT2D eigenvalue weighted by Crippen LogP contribution is 2.52. The van der Waals surface area contributed by atoms with Gasteiger partial charge in [0.15, 0.2) is 11.4 Å². The number of rotatable bonds is 6. The van der Waals surface area contributed by atoms with Gasteiger partial charge in [0.25, 0.3) is 5.91 Å². The standard InChI is InChI=1S/C29H31N3O8/c1-32(2)19-9-15(12-31-11-13-3-5-17(33)6-4-13)24(35)22-18(19)8-14-7-16-10-20(34)23(28(30)39)27(38)29(16,40)26(37)21(14)25(22)36/h3-6,9,14,16,31,33-35,37,40H,7-8,10-12H2,1-2H3,(H2,30,39)/t14-,16+,29+/m1/s1. The lowest BCUT2D eigenvalue weighted by Crippen LogP contribution is -2.57. The molecular formula is C29H31N3O8. The molecule has 2 aromatic carbocycles. The number of nitrogens with one attached hydrogen (secondary N) is 1. The molecule has 0 saturated carbocycles. The number of allylic oxidation sites excluding steroid dienone is 2. The largest absolute Gasteiger partial charge is 0.511 e. The van der Waals surface area contributed by atoms with Crippen LogP contribution in [0.1, 0.15) is 39.9 Å². The number of anilines is 1. The summed E-state index contributed by atoms with van der Waals surface area (Å²) in [5, 5.41) is 56.9. The van der Waals surface area contributed by atoms with Crippen LogP contribution in [0.2, 0.25) is 0 Å². The van der Waals surface area contributed by atoms with Crippen LogP contribution in [0.4, 0.5) is 5.69 Å². The number of aliphatic hydroxyl groups is 3. The number of phenols is 2. The number of hydrogen-bond acceptors (Lipinski definition) is 10. The molecule has 11 nitrogen and oxygen atoms in total. The fourth-order valence-electron chi connectivity index (χ4n) is 6.21. The number of hydrogen-bond donors (Lipinski definition) is 7. The van der Waals surface area contributed by atoms with Gasteiger partial charge in [-0.05, 0) is 48.1 Å². The number of fused-ring (bicyclic) bond motifs is 3. The quantitative estimate of drug-likeness (QED) is 0.260. The number of Topliss-reactive ketones (excluding diaryl/α,β-unsaturated/α-hetero) is 2. The van der Waals surface area contributed by atoms with E-state index in [1.165, 1.54) is 0 Å². The van der Waals surface area contributed by atoms with Gasteiger partial charge in [-0.15, -0.1) is 0 Å². The number of benzene rings is 2. The van der Waals surface area contributed by atoms with Crippen LogP contribution >= 0.6 is 0 Å². The van der Waals surface area contributed by atoms with E-state index in [9.17, 15) is 39.9 Å². The number of phenolic OH excluding ortho intramolecular Hbond substituents is 2. The number of ketones is 2. The Morgan fingerprint density at radius 3 is 2.38 bits per heavy atom. The number of nitrogens with zero attached hydrogens (tertiary/aromatic N) is 1. The molecular weight excluding hydrogens is 518 g/mol. The van der Waals surface area contributed by atoms with Gasteiger partial charge < -0.3 is 41.5 Å². The van der Waals surface area contributed by atoms with E-state index in [1.54, 1.807) is 44.4 Å². The second kappa shape index (κ2) is 9.68. The maximum atomic E-state index is 13.9. The third-order valence-corrected chi connectivity index (χ3v) is 8.18. The summed E-state index contributed by atoms with van der Waals surface area (Å²) in [7, 11) is 3.61. The summed E-state index contributed by atoms with van der Waals surface area (Å²) in [4.78, 5) is 40.7. The highest BCUT2D eigenvalue weighted by molar-refractivity contribution is 6.24. The van der Waals surface area contributed by atoms with E-state index in [2.05, 4.69) is 5.32 Å². The van der Waals surface area contributed by atoms with Crippen molar-refractivity contribution in [1.82, 2.24) is 5.32 Å². The van der Waals surface area contributed by atoms with Gasteiger partial charge >= 0.3 is 0 Å². The molecule has 3 aliphatic carbocycles. The zero-order valence-corrected chi connectivity index (χ0v) is 22.1. The number of primary amides is 1. The summed E-state index contributed by atoms with van der Waals surface area (Å²) in [6, 6.07) is 8.43. The first kappa shape index (κ1) is 27.2. The lowest BCUT2D eigenvalue weighted by atomic mass is 9.60. The zero-order chi connectivity index (χ0) is 29.1. The molecule has 5 rings (SSSR count). The van der Waals surface area contributed by atoms with Crippen LogP contribution in [0.25, 0.3) is 0 Å². The molecule has 210 valence electrons. The van der Waals surface area contributed by atoms with Gasteiger partial charge in [0.05, 0.1) is 5.56 Å². The van der Waals surface area contributed by atoms with Crippen LogP contribution in [0.15, 0.2) is 53.0 Å². The molecule has 11 heteroatoms. The fraction of sp³-hybridized carbons (Fsp3) is 0.345. The number of nitrogens with two attached hydrogens (primary N) is 1. The van der Waals surface area contributed by atoms with E-state index >= 15 is 0 Å². The third-order valence-electron chi connectivity index (χ3n) is 8.18. The molecule has 8 N–H and O–H groups in total. The summed E-state index contributed by atoms with van der Waals surface area (Å²) in [5.41, 5.74) is 4.23. The molecule has 0 saturated heterocycles. The van der Waals surface area contributed by atoms with E-state index in [4.69, 9.17) is 5.73 Å². The molecule has 0 bridgehead atoms. The van der Waals surface area contributed by atoms with Crippen molar-refractivity contribution >= 4 is 23.2 Å². The Balaban J connectivity index is 1.55. The van der Waals surface area contributed by atoms with Gasteiger partial charge in [-0.2, -0.15) is 0 Å². The minimum atomic E-state index is -2.60.